The quantitative estimate of drug-likeness (QED) is 0.716. The number of nitrogens with zero attached hydrogens (tertiary/aromatic N) is 2. The average Bonchev–Trinajstić information content (AvgIpc) is 3.20. The molecule has 1 aromatic carbocycles. The van der Waals surface area contributed by atoms with Crippen LogP contribution in [0.15, 0.2) is 41.3 Å². The zero-order chi connectivity index (χ0) is 18.3. The van der Waals surface area contributed by atoms with Gasteiger partial charge in [-0.15, -0.1) is 0 Å². The number of benzene rings is 1. The van der Waals surface area contributed by atoms with Crippen LogP contribution in [0, 0.1) is 0 Å². The topological polar surface area (TPSA) is 62.7 Å². The standard InChI is InChI=1S/C18H17F3N4O/c19-18(20,21)11-4-3-5-12(8-11)23-16-9-15-14(10-22-16)24-17(26)25(15)13-6-1-2-7-13/h3-5,8-10,13H,1-2,6-7H2,(H,22,23)(H,24,26). The second-order valence-corrected chi connectivity index (χ2v) is 6.53. The summed E-state index contributed by atoms with van der Waals surface area (Å²) < 4.78 is 40.3. The van der Waals surface area contributed by atoms with Crippen LogP contribution in [0.3, 0.4) is 0 Å². The van der Waals surface area contributed by atoms with Gasteiger partial charge in [-0.1, -0.05) is 18.9 Å². The minimum Gasteiger partial charge on any atom is -0.340 e. The maximum Gasteiger partial charge on any atom is 0.416 e. The second-order valence-electron chi connectivity index (χ2n) is 6.53. The number of aromatic amines is 1. The van der Waals surface area contributed by atoms with Crippen molar-refractivity contribution in [3.05, 3.63) is 52.6 Å². The Labute approximate surface area is 146 Å². The summed E-state index contributed by atoms with van der Waals surface area (Å²) in [6.07, 6.45) is 1.20. The molecule has 2 heterocycles. The van der Waals surface area contributed by atoms with Gasteiger partial charge in [-0.3, -0.25) is 4.57 Å². The van der Waals surface area contributed by atoms with Crippen molar-refractivity contribution in [3.63, 3.8) is 0 Å². The van der Waals surface area contributed by atoms with Gasteiger partial charge in [0.2, 0.25) is 0 Å². The number of pyridine rings is 1. The van der Waals surface area contributed by atoms with Crippen LogP contribution in [0.25, 0.3) is 11.0 Å². The molecule has 3 aromatic rings. The molecule has 5 nitrogen and oxygen atoms in total. The molecule has 2 N–H and O–H groups in total. The van der Waals surface area contributed by atoms with Gasteiger partial charge in [-0.2, -0.15) is 13.2 Å². The van der Waals surface area contributed by atoms with Crippen LogP contribution in [0.4, 0.5) is 24.7 Å². The number of nitrogens with one attached hydrogen (secondary N) is 2. The third-order valence-electron chi connectivity index (χ3n) is 4.75. The molecule has 0 atom stereocenters. The van der Waals surface area contributed by atoms with Gasteiger partial charge >= 0.3 is 11.9 Å². The first-order valence-corrected chi connectivity index (χ1v) is 8.46. The van der Waals surface area contributed by atoms with Crippen molar-refractivity contribution in [1.82, 2.24) is 14.5 Å². The van der Waals surface area contributed by atoms with Crippen LogP contribution in [-0.4, -0.2) is 14.5 Å². The van der Waals surface area contributed by atoms with Gasteiger partial charge in [0.1, 0.15) is 5.82 Å². The van der Waals surface area contributed by atoms with Crippen LogP contribution in [-0.2, 0) is 6.18 Å². The lowest BCUT2D eigenvalue weighted by Crippen LogP contribution is -2.20. The molecule has 1 aliphatic carbocycles. The van der Waals surface area contributed by atoms with Crippen molar-refractivity contribution >= 4 is 22.5 Å². The fourth-order valence-electron chi connectivity index (χ4n) is 3.54. The average molecular weight is 362 g/mol. The van der Waals surface area contributed by atoms with E-state index in [1.54, 1.807) is 16.7 Å². The second kappa shape index (κ2) is 6.19. The summed E-state index contributed by atoms with van der Waals surface area (Å²) >= 11 is 0. The molecule has 0 radical (unpaired) electrons. The molecule has 0 unspecified atom stereocenters. The Bertz CT molecular complexity index is 1000. The molecule has 1 aliphatic rings. The molecule has 4 rings (SSSR count). The first kappa shape index (κ1) is 16.7. The lowest BCUT2D eigenvalue weighted by atomic mass is 10.2. The zero-order valence-electron chi connectivity index (χ0n) is 13.8. The summed E-state index contributed by atoms with van der Waals surface area (Å²) in [6, 6.07) is 6.79. The van der Waals surface area contributed by atoms with Crippen molar-refractivity contribution in [2.45, 2.75) is 37.9 Å². The van der Waals surface area contributed by atoms with E-state index < -0.39 is 11.7 Å². The van der Waals surface area contributed by atoms with Crippen LogP contribution in [0.2, 0.25) is 0 Å². The van der Waals surface area contributed by atoms with E-state index in [9.17, 15) is 18.0 Å². The molecule has 0 amide bonds. The van der Waals surface area contributed by atoms with Crippen LogP contribution in [0.5, 0.6) is 0 Å². The fourth-order valence-corrected chi connectivity index (χ4v) is 3.54. The van der Waals surface area contributed by atoms with E-state index in [4.69, 9.17) is 0 Å². The van der Waals surface area contributed by atoms with Gasteiger partial charge in [-0.05, 0) is 31.0 Å². The van der Waals surface area contributed by atoms with Gasteiger partial charge in [0, 0.05) is 17.8 Å². The summed E-state index contributed by atoms with van der Waals surface area (Å²) in [5.74, 6) is 0.391. The van der Waals surface area contributed by atoms with E-state index >= 15 is 0 Å². The predicted molar refractivity (Wildman–Crippen MR) is 92.6 cm³/mol. The highest BCUT2D eigenvalue weighted by Crippen LogP contribution is 2.33. The molecule has 1 fully saturated rings. The summed E-state index contributed by atoms with van der Waals surface area (Å²) in [4.78, 5) is 19.3. The smallest absolute Gasteiger partial charge is 0.340 e. The normalized spacial score (nSPS) is 15.7. The summed E-state index contributed by atoms with van der Waals surface area (Å²) in [5.41, 5.74) is 0.720. The lowest BCUT2D eigenvalue weighted by molar-refractivity contribution is -0.137. The zero-order valence-corrected chi connectivity index (χ0v) is 13.8. The van der Waals surface area contributed by atoms with Crippen LogP contribution in [0.1, 0.15) is 37.3 Å². The molecular formula is C18H17F3N4O. The molecule has 0 aliphatic heterocycles. The van der Waals surface area contributed by atoms with Gasteiger partial charge < -0.3 is 10.3 Å². The number of fused-ring (bicyclic) bond motifs is 1. The molecule has 0 spiro atoms. The highest BCUT2D eigenvalue weighted by atomic mass is 19.4. The van der Waals surface area contributed by atoms with Crippen molar-refractivity contribution in [1.29, 1.82) is 0 Å². The van der Waals surface area contributed by atoms with E-state index in [1.807, 2.05) is 0 Å². The molecule has 8 heteroatoms. The number of halogens is 3. The van der Waals surface area contributed by atoms with Gasteiger partial charge in [-0.25, -0.2) is 9.78 Å². The minimum absolute atomic E-state index is 0.153. The van der Waals surface area contributed by atoms with E-state index in [0.29, 0.717) is 16.9 Å². The molecule has 1 saturated carbocycles. The number of alkyl halides is 3. The highest BCUT2D eigenvalue weighted by Gasteiger charge is 2.30. The monoisotopic (exact) mass is 362 g/mol. The Hall–Kier alpha value is -2.77. The molecule has 26 heavy (non-hydrogen) atoms. The number of imidazole rings is 1. The number of anilines is 2. The van der Waals surface area contributed by atoms with Crippen LogP contribution < -0.4 is 11.0 Å². The largest absolute Gasteiger partial charge is 0.416 e. The number of hydrogen-bond acceptors (Lipinski definition) is 3. The summed E-state index contributed by atoms with van der Waals surface area (Å²) in [6.45, 7) is 0. The third-order valence-corrected chi connectivity index (χ3v) is 4.75. The van der Waals surface area contributed by atoms with E-state index in [-0.39, 0.29) is 17.4 Å². The molecule has 0 bridgehead atoms. The van der Waals surface area contributed by atoms with Gasteiger partial charge in [0.05, 0.1) is 22.8 Å². The summed E-state index contributed by atoms with van der Waals surface area (Å²) in [7, 11) is 0. The van der Waals surface area contributed by atoms with Gasteiger partial charge in [0.25, 0.3) is 0 Å². The molecular weight excluding hydrogens is 345 g/mol. The highest BCUT2D eigenvalue weighted by molar-refractivity contribution is 5.78. The fraction of sp³-hybridized carbons (Fsp3) is 0.333. The Morgan fingerprint density at radius 1 is 1.19 bits per heavy atom. The first-order valence-electron chi connectivity index (χ1n) is 8.46. The number of H-pyrrole nitrogens is 1. The number of rotatable bonds is 3. The summed E-state index contributed by atoms with van der Waals surface area (Å²) in [5, 5.41) is 2.90. The number of aromatic nitrogens is 3. The number of hydrogen-bond donors (Lipinski definition) is 2. The Kier molecular flexibility index (Phi) is 3.97. The minimum atomic E-state index is -4.40. The maximum absolute atomic E-state index is 12.9. The Balaban J connectivity index is 1.70. The van der Waals surface area contributed by atoms with Crippen molar-refractivity contribution in [2.24, 2.45) is 0 Å². The maximum atomic E-state index is 12.9. The Morgan fingerprint density at radius 3 is 2.69 bits per heavy atom. The Morgan fingerprint density at radius 2 is 1.96 bits per heavy atom. The van der Waals surface area contributed by atoms with Gasteiger partial charge in [0.15, 0.2) is 0 Å². The van der Waals surface area contributed by atoms with E-state index in [2.05, 4.69) is 15.3 Å². The van der Waals surface area contributed by atoms with E-state index in [0.717, 1.165) is 37.8 Å². The van der Waals surface area contributed by atoms with Crippen molar-refractivity contribution < 1.29 is 13.2 Å². The molecule has 136 valence electrons. The van der Waals surface area contributed by atoms with Crippen molar-refractivity contribution in [2.75, 3.05) is 5.32 Å². The van der Waals surface area contributed by atoms with Crippen molar-refractivity contribution in [3.8, 4) is 0 Å². The van der Waals surface area contributed by atoms with E-state index in [1.165, 1.54) is 12.3 Å². The molecule has 2 aromatic heterocycles. The predicted octanol–water partition coefficient (Wildman–Crippen LogP) is 4.60. The SMILES string of the molecule is O=c1[nH]c2cnc(Nc3cccc(C(F)(F)F)c3)cc2n1C1CCCC1. The molecule has 0 saturated heterocycles. The van der Waals surface area contributed by atoms with Crippen LogP contribution >= 0.6 is 0 Å². The lowest BCUT2D eigenvalue weighted by Gasteiger charge is -2.13. The first-order chi connectivity index (χ1) is 12.4. The third kappa shape index (κ3) is 3.07.